The summed E-state index contributed by atoms with van der Waals surface area (Å²) in [7, 11) is -4.62. The molecule has 1 saturated heterocycles. The number of hydrogen-bond donors (Lipinski definition) is 2. The van der Waals surface area contributed by atoms with Crippen LogP contribution < -0.4 is 5.73 Å². The van der Waals surface area contributed by atoms with E-state index in [9.17, 15) is 8.42 Å². The highest BCUT2D eigenvalue weighted by molar-refractivity contribution is 7.80. The van der Waals surface area contributed by atoms with Crippen molar-refractivity contribution in [2.24, 2.45) is 16.6 Å². The van der Waals surface area contributed by atoms with E-state index in [0.29, 0.717) is 18.2 Å². The molecule has 1 fully saturated rings. The second-order valence-corrected chi connectivity index (χ2v) is 5.74. The number of likely N-dealkylation sites (tertiary alicyclic amines) is 1. The summed E-state index contributed by atoms with van der Waals surface area (Å²) in [6.07, 6.45) is 1.24. The van der Waals surface area contributed by atoms with Crippen LogP contribution in [0.5, 0.6) is 0 Å². The van der Waals surface area contributed by atoms with Crippen molar-refractivity contribution in [3.8, 4) is 0 Å². The van der Waals surface area contributed by atoms with Crippen LogP contribution in [0.25, 0.3) is 0 Å². The third-order valence-corrected chi connectivity index (χ3v) is 3.32. The van der Waals surface area contributed by atoms with Gasteiger partial charge in [0.1, 0.15) is 17.8 Å². The molecule has 0 bridgehead atoms. The molecule has 2 rings (SSSR count). The number of nitrogens with zero attached hydrogens (tertiary/aromatic N) is 3. The minimum absolute atomic E-state index is 0.363. The van der Waals surface area contributed by atoms with Gasteiger partial charge < -0.3 is 10.6 Å². The Balaban J connectivity index is 2.17. The molecular weight excluding hydrogens is 272 g/mol. The van der Waals surface area contributed by atoms with Crippen molar-refractivity contribution in [3.05, 3.63) is 11.9 Å². The van der Waals surface area contributed by atoms with Gasteiger partial charge in [0.05, 0.1) is 0 Å². The molecule has 2 aliphatic rings. The predicted molar refractivity (Wildman–Crippen MR) is 69.0 cm³/mol. The number of amidine groups is 1. The van der Waals surface area contributed by atoms with Crippen LogP contribution in [-0.4, -0.2) is 48.0 Å². The number of rotatable bonds is 4. The maximum atomic E-state index is 10.8. The Kier molecular flexibility index (Phi) is 3.81. The lowest BCUT2D eigenvalue weighted by Crippen LogP contribution is -2.51. The maximum absolute atomic E-state index is 10.8. The molecular formula is C10H18N4O4S. The fourth-order valence-electron chi connectivity index (χ4n) is 2.10. The highest BCUT2D eigenvalue weighted by Crippen LogP contribution is 2.25. The Morgan fingerprint density at radius 1 is 1.58 bits per heavy atom. The van der Waals surface area contributed by atoms with Gasteiger partial charge in [-0.15, -0.1) is 4.28 Å². The molecule has 0 radical (unpaired) electrons. The number of nitrogens with two attached hydrogens (primary N) is 1. The van der Waals surface area contributed by atoms with Crippen LogP contribution in [-0.2, 0) is 14.7 Å². The van der Waals surface area contributed by atoms with Crippen LogP contribution in [0.15, 0.2) is 16.9 Å². The maximum Gasteiger partial charge on any atom is 0.418 e. The molecule has 8 nitrogen and oxygen atoms in total. The molecule has 1 atom stereocenters. The van der Waals surface area contributed by atoms with E-state index in [1.54, 1.807) is 13.0 Å². The van der Waals surface area contributed by atoms with Crippen LogP contribution in [0.4, 0.5) is 0 Å². The van der Waals surface area contributed by atoms with Gasteiger partial charge in [-0.3, -0.25) is 4.55 Å². The molecule has 9 heteroatoms. The minimum atomic E-state index is -4.62. The molecule has 3 N–H and O–H groups in total. The normalized spacial score (nSPS) is 24.9. The van der Waals surface area contributed by atoms with Gasteiger partial charge in [0.2, 0.25) is 0 Å². The van der Waals surface area contributed by atoms with Gasteiger partial charge in [-0.05, 0) is 12.0 Å². The van der Waals surface area contributed by atoms with E-state index in [1.165, 1.54) is 0 Å². The van der Waals surface area contributed by atoms with Crippen molar-refractivity contribution < 1.29 is 17.3 Å². The van der Waals surface area contributed by atoms with E-state index < -0.39 is 16.6 Å². The molecule has 0 saturated carbocycles. The van der Waals surface area contributed by atoms with E-state index in [-0.39, 0.29) is 0 Å². The number of aliphatic imine (C=N–C) groups is 1. The molecule has 0 aliphatic carbocycles. The number of hydrogen-bond acceptors (Lipinski definition) is 7. The molecule has 19 heavy (non-hydrogen) atoms. The average Bonchev–Trinajstić information content (AvgIpc) is 2.26. The highest BCUT2D eigenvalue weighted by Gasteiger charge is 2.31. The molecule has 0 spiro atoms. The van der Waals surface area contributed by atoms with Crippen molar-refractivity contribution in [2.45, 2.75) is 26.4 Å². The summed E-state index contributed by atoms with van der Waals surface area (Å²) in [5, 5.41) is 0.905. The van der Waals surface area contributed by atoms with E-state index in [1.807, 2.05) is 0 Å². The second-order valence-electron chi connectivity index (χ2n) is 4.74. The van der Waals surface area contributed by atoms with Crippen molar-refractivity contribution in [1.29, 1.82) is 0 Å². The van der Waals surface area contributed by atoms with Gasteiger partial charge in [0.25, 0.3) is 0 Å². The lowest BCUT2D eigenvalue weighted by atomic mass is 10.0. The molecule has 0 aromatic carbocycles. The average molecular weight is 290 g/mol. The first kappa shape index (κ1) is 14.3. The molecule has 1 unspecified atom stereocenters. The topological polar surface area (TPSA) is 108 Å². The molecule has 2 aliphatic heterocycles. The Hall–Kier alpha value is -1.16. The monoisotopic (exact) mass is 290 g/mol. The first-order chi connectivity index (χ1) is 8.80. The summed E-state index contributed by atoms with van der Waals surface area (Å²) in [4.78, 5) is 6.38. The van der Waals surface area contributed by atoms with Crippen molar-refractivity contribution in [1.82, 2.24) is 9.96 Å². The van der Waals surface area contributed by atoms with Crippen molar-refractivity contribution >= 4 is 16.2 Å². The zero-order valence-corrected chi connectivity index (χ0v) is 11.7. The summed E-state index contributed by atoms with van der Waals surface area (Å²) < 4.78 is 34.7. The van der Waals surface area contributed by atoms with Gasteiger partial charge in [-0.1, -0.05) is 13.8 Å². The van der Waals surface area contributed by atoms with Gasteiger partial charge in [-0.2, -0.15) is 13.5 Å². The Morgan fingerprint density at radius 2 is 2.21 bits per heavy atom. The SMILES string of the molecule is CCC1=NC(N2CC(C)C2)=CC(N)N1OS(=O)(=O)O. The first-order valence-electron chi connectivity index (χ1n) is 6.06. The zero-order valence-electron chi connectivity index (χ0n) is 10.9. The molecule has 0 amide bonds. The summed E-state index contributed by atoms with van der Waals surface area (Å²) in [6, 6.07) is 0. The third kappa shape index (κ3) is 3.24. The van der Waals surface area contributed by atoms with Crippen LogP contribution in [0.2, 0.25) is 0 Å². The molecule has 0 aromatic heterocycles. The molecule has 0 aromatic rings. The molecule has 2 heterocycles. The Labute approximate surface area is 112 Å². The second kappa shape index (κ2) is 5.08. The quantitative estimate of drug-likeness (QED) is 0.697. The summed E-state index contributed by atoms with van der Waals surface area (Å²) in [6.45, 7) is 5.74. The van der Waals surface area contributed by atoms with Gasteiger partial charge >= 0.3 is 10.4 Å². The van der Waals surface area contributed by atoms with Crippen LogP contribution >= 0.6 is 0 Å². The first-order valence-corrected chi connectivity index (χ1v) is 7.43. The largest absolute Gasteiger partial charge is 0.418 e. The number of hydroxylamine groups is 2. The Bertz CT molecular complexity index is 510. The molecule has 108 valence electrons. The zero-order chi connectivity index (χ0) is 14.2. The lowest BCUT2D eigenvalue weighted by Gasteiger charge is -2.41. The van der Waals surface area contributed by atoms with E-state index in [4.69, 9.17) is 10.3 Å². The van der Waals surface area contributed by atoms with Gasteiger partial charge in [-0.25, -0.2) is 4.99 Å². The highest BCUT2D eigenvalue weighted by atomic mass is 32.3. The van der Waals surface area contributed by atoms with Crippen molar-refractivity contribution in [3.63, 3.8) is 0 Å². The van der Waals surface area contributed by atoms with Crippen LogP contribution in [0.3, 0.4) is 0 Å². The Morgan fingerprint density at radius 3 is 2.68 bits per heavy atom. The van der Waals surface area contributed by atoms with Gasteiger partial charge in [0, 0.05) is 19.5 Å². The van der Waals surface area contributed by atoms with E-state index in [2.05, 4.69) is 21.1 Å². The summed E-state index contributed by atoms with van der Waals surface area (Å²) in [5.41, 5.74) is 5.84. The van der Waals surface area contributed by atoms with E-state index >= 15 is 0 Å². The van der Waals surface area contributed by atoms with Crippen LogP contribution in [0.1, 0.15) is 20.3 Å². The van der Waals surface area contributed by atoms with Crippen LogP contribution in [0, 0.1) is 5.92 Å². The summed E-state index contributed by atoms with van der Waals surface area (Å²) >= 11 is 0. The minimum Gasteiger partial charge on any atom is -0.356 e. The van der Waals surface area contributed by atoms with Gasteiger partial charge in [0.15, 0.2) is 0 Å². The standard InChI is InChI=1S/C10H18N4O4S/c1-3-9-12-10(13-5-7(2)6-13)4-8(11)14(9)18-19(15,16)17/h4,7-8H,3,5-6,11H2,1-2H3,(H,15,16,17). The van der Waals surface area contributed by atoms with E-state index in [0.717, 1.165) is 24.0 Å². The lowest BCUT2D eigenvalue weighted by molar-refractivity contribution is -0.0149. The van der Waals surface area contributed by atoms with Crippen molar-refractivity contribution in [2.75, 3.05) is 13.1 Å². The predicted octanol–water partition coefficient (Wildman–Crippen LogP) is -0.0772. The summed E-state index contributed by atoms with van der Waals surface area (Å²) in [5.74, 6) is 1.70. The fraction of sp³-hybridized carbons (Fsp3) is 0.700. The smallest absolute Gasteiger partial charge is 0.356 e. The fourth-order valence-corrected chi connectivity index (χ4v) is 2.49. The third-order valence-electron chi connectivity index (χ3n) is 2.97.